The molecule has 1 aromatic rings. The van der Waals surface area contributed by atoms with Gasteiger partial charge in [-0.3, -0.25) is 4.79 Å². The Bertz CT molecular complexity index is 507. The Morgan fingerprint density at radius 1 is 1.63 bits per heavy atom. The molecule has 19 heavy (non-hydrogen) atoms. The van der Waals surface area contributed by atoms with Gasteiger partial charge in [0.15, 0.2) is 0 Å². The van der Waals surface area contributed by atoms with Crippen molar-refractivity contribution in [3.63, 3.8) is 0 Å². The Labute approximate surface area is 120 Å². The molecule has 1 aromatic carbocycles. The molecule has 0 saturated carbocycles. The summed E-state index contributed by atoms with van der Waals surface area (Å²) in [5.74, 6) is -0.127. The Balaban J connectivity index is 1.98. The maximum atomic E-state index is 11.9. The maximum Gasteiger partial charge on any atom is 0.226 e. The highest BCUT2D eigenvalue weighted by Crippen LogP contribution is 2.21. The van der Waals surface area contributed by atoms with Gasteiger partial charge in [-0.2, -0.15) is 5.26 Å². The summed E-state index contributed by atoms with van der Waals surface area (Å²) in [5, 5.41) is 15.0. The number of anilines is 1. The predicted octanol–water partition coefficient (Wildman–Crippen LogP) is 1.64. The SMILES string of the molecule is N#Cc1ccc(Br)cc1NC(=O)CC1COCCN1. The van der Waals surface area contributed by atoms with Crippen LogP contribution in [0.15, 0.2) is 22.7 Å². The summed E-state index contributed by atoms with van der Waals surface area (Å²) >= 11 is 3.32. The topological polar surface area (TPSA) is 74.2 Å². The number of benzene rings is 1. The Morgan fingerprint density at radius 3 is 3.16 bits per heavy atom. The second kappa shape index (κ2) is 6.66. The van der Waals surface area contributed by atoms with Crippen molar-refractivity contribution >= 4 is 27.5 Å². The van der Waals surface area contributed by atoms with E-state index >= 15 is 0 Å². The number of nitriles is 1. The largest absolute Gasteiger partial charge is 0.378 e. The van der Waals surface area contributed by atoms with Crippen LogP contribution in [-0.2, 0) is 9.53 Å². The lowest BCUT2D eigenvalue weighted by atomic mass is 10.1. The van der Waals surface area contributed by atoms with Crippen LogP contribution in [0, 0.1) is 11.3 Å². The molecule has 0 spiro atoms. The number of halogens is 1. The zero-order chi connectivity index (χ0) is 13.7. The molecule has 5 nitrogen and oxygen atoms in total. The first-order valence-corrected chi connectivity index (χ1v) is 6.79. The van der Waals surface area contributed by atoms with Crippen LogP contribution in [0.4, 0.5) is 5.69 Å². The van der Waals surface area contributed by atoms with Crippen LogP contribution >= 0.6 is 15.9 Å². The fraction of sp³-hybridized carbons (Fsp3) is 0.385. The predicted molar refractivity (Wildman–Crippen MR) is 74.7 cm³/mol. The van der Waals surface area contributed by atoms with Gasteiger partial charge in [-0.15, -0.1) is 0 Å². The maximum absolute atomic E-state index is 11.9. The van der Waals surface area contributed by atoms with Crippen molar-refractivity contribution in [1.82, 2.24) is 5.32 Å². The number of hydrogen-bond acceptors (Lipinski definition) is 4. The highest BCUT2D eigenvalue weighted by atomic mass is 79.9. The molecule has 1 atom stereocenters. The third-order valence-corrected chi connectivity index (χ3v) is 3.30. The molecule has 1 aliphatic heterocycles. The minimum atomic E-state index is -0.127. The van der Waals surface area contributed by atoms with E-state index < -0.39 is 0 Å². The number of hydrogen-bond donors (Lipinski definition) is 2. The van der Waals surface area contributed by atoms with E-state index in [0.29, 0.717) is 30.9 Å². The van der Waals surface area contributed by atoms with Gasteiger partial charge in [-0.05, 0) is 18.2 Å². The van der Waals surface area contributed by atoms with Crippen molar-refractivity contribution in [2.45, 2.75) is 12.5 Å². The second-order valence-corrected chi connectivity index (χ2v) is 5.20. The van der Waals surface area contributed by atoms with Crippen LogP contribution < -0.4 is 10.6 Å². The summed E-state index contributed by atoms with van der Waals surface area (Å²) in [6, 6.07) is 7.25. The minimum absolute atomic E-state index is 0.0337. The van der Waals surface area contributed by atoms with Gasteiger partial charge < -0.3 is 15.4 Å². The zero-order valence-corrected chi connectivity index (χ0v) is 11.9. The molecule has 0 bridgehead atoms. The van der Waals surface area contributed by atoms with Gasteiger partial charge in [0.05, 0.1) is 24.5 Å². The highest BCUT2D eigenvalue weighted by Gasteiger charge is 2.17. The van der Waals surface area contributed by atoms with E-state index in [9.17, 15) is 4.79 Å². The fourth-order valence-electron chi connectivity index (χ4n) is 1.89. The lowest BCUT2D eigenvalue weighted by Crippen LogP contribution is -2.43. The first kappa shape index (κ1) is 14.0. The number of rotatable bonds is 3. The molecular weight excluding hydrogens is 310 g/mol. The fourth-order valence-corrected chi connectivity index (χ4v) is 2.25. The molecule has 1 amide bonds. The Hall–Kier alpha value is -1.42. The van der Waals surface area contributed by atoms with Crippen LogP contribution in [0.3, 0.4) is 0 Å². The normalized spacial score (nSPS) is 18.6. The summed E-state index contributed by atoms with van der Waals surface area (Å²) in [7, 11) is 0. The Morgan fingerprint density at radius 2 is 2.47 bits per heavy atom. The lowest BCUT2D eigenvalue weighted by Gasteiger charge is -2.23. The summed E-state index contributed by atoms with van der Waals surface area (Å²) in [5.41, 5.74) is 0.975. The van der Waals surface area contributed by atoms with Gasteiger partial charge in [0.25, 0.3) is 0 Å². The number of amides is 1. The number of carbonyl (C=O) groups is 1. The molecule has 1 fully saturated rings. The quantitative estimate of drug-likeness (QED) is 0.886. The smallest absolute Gasteiger partial charge is 0.226 e. The molecule has 1 saturated heterocycles. The van der Waals surface area contributed by atoms with Gasteiger partial charge in [-0.25, -0.2) is 0 Å². The van der Waals surface area contributed by atoms with E-state index in [1.54, 1.807) is 18.2 Å². The van der Waals surface area contributed by atoms with Crippen molar-refractivity contribution in [2.75, 3.05) is 25.1 Å². The molecule has 1 aliphatic rings. The van der Waals surface area contributed by atoms with Gasteiger partial charge in [-0.1, -0.05) is 15.9 Å². The summed E-state index contributed by atoms with van der Waals surface area (Å²) in [6.07, 6.45) is 0.331. The van der Waals surface area contributed by atoms with Gasteiger partial charge in [0.2, 0.25) is 5.91 Å². The molecule has 6 heteroatoms. The Kier molecular flexibility index (Phi) is 4.91. The number of carbonyl (C=O) groups excluding carboxylic acids is 1. The first-order chi connectivity index (χ1) is 9.19. The van der Waals surface area contributed by atoms with Gasteiger partial charge in [0.1, 0.15) is 6.07 Å². The number of nitrogens with zero attached hydrogens (tertiary/aromatic N) is 1. The van der Waals surface area contributed by atoms with Crippen molar-refractivity contribution in [3.05, 3.63) is 28.2 Å². The van der Waals surface area contributed by atoms with Crippen LogP contribution in [0.5, 0.6) is 0 Å². The molecule has 2 N–H and O–H groups in total. The van der Waals surface area contributed by atoms with Crippen molar-refractivity contribution < 1.29 is 9.53 Å². The van der Waals surface area contributed by atoms with Gasteiger partial charge >= 0.3 is 0 Å². The average Bonchev–Trinajstić information content (AvgIpc) is 2.40. The zero-order valence-electron chi connectivity index (χ0n) is 10.3. The molecule has 1 heterocycles. The monoisotopic (exact) mass is 323 g/mol. The van der Waals surface area contributed by atoms with E-state index in [0.717, 1.165) is 11.0 Å². The van der Waals surface area contributed by atoms with E-state index in [2.05, 4.69) is 32.6 Å². The van der Waals surface area contributed by atoms with Crippen molar-refractivity contribution in [1.29, 1.82) is 5.26 Å². The first-order valence-electron chi connectivity index (χ1n) is 5.99. The van der Waals surface area contributed by atoms with Crippen LogP contribution in [0.25, 0.3) is 0 Å². The third-order valence-electron chi connectivity index (χ3n) is 2.81. The number of ether oxygens (including phenoxy) is 1. The molecule has 0 aliphatic carbocycles. The number of nitrogens with one attached hydrogen (secondary N) is 2. The summed E-state index contributed by atoms with van der Waals surface area (Å²) in [6.45, 7) is 1.98. The summed E-state index contributed by atoms with van der Waals surface area (Å²) < 4.78 is 6.12. The molecule has 100 valence electrons. The lowest BCUT2D eigenvalue weighted by molar-refractivity contribution is -0.117. The third kappa shape index (κ3) is 4.03. The van der Waals surface area contributed by atoms with Crippen LogP contribution in [-0.4, -0.2) is 31.7 Å². The van der Waals surface area contributed by atoms with E-state index in [1.165, 1.54) is 0 Å². The van der Waals surface area contributed by atoms with E-state index in [1.807, 2.05) is 0 Å². The molecule has 0 radical (unpaired) electrons. The highest BCUT2D eigenvalue weighted by molar-refractivity contribution is 9.10. The standard InChI is InChI=1S/C13H14BrN3O2/c14-10-2-1-9(7-15)12(5-10)17-13(18)6-11-8-19-4-3-16-11/h1-2,5,11,16H,3-4,6,8H2,(H,17,18). The van der Waals surface area contributed by atoms with Crippen molar-refractivity contribution in [2.24, 2.45) is 0 Å². The van der Waals surface area contributed by atoms with Crippen LogP contribution in [0.2, 0.25) is 0 Å². The molecular formula is C13H14BrN3O2. The summed E-state index contributed by atoms with van der Waals surface area (Å²) in [4.78, 5) is 11.9. The van der Waals surface area contributed by atoms with Crippen LogP contribution in [0.1, 0.15) is 12.0 Å². The molecule has 2 rings (SSSR count). The number of morpholine rings is 1. The molecule has 1 unspecified atom stereocenters. The van der Waals surface area contributed by atoms with E-state index in [4.69, 9.17) is 10.00 Å². The molecule has 0 aromatic heterocycles. The van der Waals surface area contributed by atoms with Crippen molar-refractivity contribution in [3.8, 4) is 6.07 Å². The van der Waals surface area contributed by atoms with Gasteiger partial charge in [0, 0.05) is 23.5 Å². The minimum Gasteiger partial charge on any atom is -0.378 e. The second-order valence-electron chi connectivity index (χ2n) is 4.28. The average molecular weight is 324 g/mol. The van der Waals surface area contributed by atoms with E-state index in [-0.39, 0.29) is 11.9 Å².